The van der Waals surface area contributed by atoms with Gasteiger partial charge in [-0.25, -0.2) is 4.79 Å². The quantitative estimate of drug-likeness (QED) is 0.180. The van der Waals surface area contributed by atoms with Crippen LogP contribution in [0.2, 0.25) is 0 Å². The SMILES string of the molecule is CC(C)C(NC(=O)C(CC(=O)O)NC(=O)C(N)CCCCN)C(=O)N1CCCC1C(=O)O. The molecule has 32 heavy (non-hydrogen) atoms. The highest BCUT2D eigenvalue weighted by Crippen LogP contribution is 2.20. The number of nitrogens with zero attached hydrogens (tertiary/aromatic N) is 1. The lowest BCUT2D eigenvalue weighted by Gasteiger charge is -2.30. The Labute approximate surface area is 187 Å². The number of aliphatic carboxylic acids is 2. The number of nitrogens with two attached hydrogens (primary N) is 2. The number of nitrogens with one attached hydrogen (secondary N) is 2. The van der Waals surface area contributed by atoms with Crippen LogP contribution < -0.4 is 22.1 Å². The molecule has 0 aromatic carbocycles. The Kier molecular flexibility index (Phi) is 11.1. The van der Waals surface area contributed by atoms with Gasteiger partial charge in [-0.1, -0.05) is 20.3 Å². The van der Waals surface area contributed by atoms with Gasteiger partial charge in [-0.15, -0.1) is 0 Å². The molecule has 0 aliphatic carbocycles. The van der Waals surface area contributed by atoms with Gasteiger partial charge in [0, 0.05) is 6.54 Å². The Bertz CT molecular complexity index is 700. The minimum absolute atomic E-state index is 0.252. The molecule has 0 spiro atoms. The Hall–Kier alpha value is -2.73. The van der Waals surface area contributed by atoms with Gasteiger partial charge in [-0.2, -0.15) is 0 Å². The fraction of sp³-hybridized carbons (Fsp3) is 0.750. The van der Waals surface area contributed by atoms with Crippen molar-refractivity contribution in [2.75, 3.05) is 13.1 Å². The highest BCUT2D eigenvalue weighted by molar-refractivity contribution is 5.95. The highest BCUT2D eigenvalue weighted by atomic mass is 16.4. The predicted octanol–water partition coefficient (Wildman–Crippen LogP) is -1.38. The topological polar surface area (TPSA) is 205 Å². The minimum atomic E-state index is -1.44. The van der Waals surface area contributed by atoms with E-state index in [1.165, 1.54) is 4.90 Å². The van der Waals surface area contributed by atoms with E-state index in [0.717, 1.165) is 0 Å². The molecule has 1 saturated heterocycles. The van der Waals surface area contributed by atoms with Crippen LogP contribution in [-0.4, -0.2) is 82.0 Å². The average molecular weight is 458 g/mol. The van der Waals surface area contributed by atoms with Crippen molar-refractivity contribution in [1.29, 1.82) is 0 Å². The first-order valence-corrected chi connectivity index (χ1v) is 10.8. The Balaban J connectivity index is 2.90. The minimum Gasteiger partial charge on any atom is -0.481 e. The first-order chi connectivity index (χ1) is 15.0. The van der Waals surface area contributed by atoms with E-state index < -0.39 is 66.2 Å². The van der Waals surface area contributed by atoms with Crippen LogP contribution >= 0.6 is 0 Å². The molecule has 0 radical (unpaired) electrons. The summed E-state index contributed by atoms with van der Waals surface area (Å²) < 4.78 is 0. The third-order valence-electron chi connectivity index (χ3n) is 5.37. The van der Waals surface area contributed by atoms with Crippen LogP contribution in [0.1, 0.15) is 52.4 Å². The number of carbonyl (C=O) groups excluding carboxylic acids is 3. The second kappa shape index (κ2) is 13.0. The largest absolute Gasteiger partial charge is 0.481 e. The van der Waals surface area contributed by atoms with Gasteiger partial charge in [0.2, 0.25) is 17.7 Å². The number of hydrogen-bond donors (Lipinski definition) is 6. The van der Waals surface area contributed by atoms with Crippen molar-refractivity contribution in [3.05, 3.63) is 0 Å². The molecule has 182 valence electrons. The summed E-state index contributed by atoms with van der Waals surface area (Å²) in [5.74, 6) is -4.93. The van der Waals surface area contributed by atoms with E-state index in [1.54, 1.807) is 13.8 Å². The molecule has 0 saturated carbocycles. The number of carboxylic acid groups (broad SMARTS) is 2. The second-order valence-corrected chi connectivity index (χ2v) is 8.31. The van der Waals surface area contributed by atoms with E-state index in [-0.39, 0.29) is 6.54 Å². The van der Waals surface area contributed by atoms with Crippen molar-refractivity contribution in [3.8, 4) is 0 Å². The van der Waals surface area contributed by atoms with Crippen LogP contribution in [0.3, 0.4) is 0 Å². The van der Waals surface area contributed by atoms with Gasteiger partial charge < -0.3 is 37.2 Å². The molecule has 0 bridgehead atoms. The molecule has 0 aromatic heterocycles. The fourth-order valence-corrected chi connectivity index (χ4v) is 3.54. The molecular weight excluding hydrogens is 422 g/mol. The molecule has 1 rings (SSSR count). The number of likely N-dealkylation sites (tertiary alicyclic amines) is 1. The molecule has 12 heteroatoms. The van der Waals surface area contributed by atoms with Crippen molar-refractivity contribution in [3.63, 3.8) is 0 Å². The van der Waals surface area contributed by atoms with E-state index >= 15 is 0 Å². The molecule has 1 aliphatic rings. The zero-order valence-electron chi connectivity index (χ0n) is 18.6. The summed E-state index contributed by atoms with van der Waals surface area (Å²) >= 11 is 0. The zero-order chi connectivity index (χ0) is 24.4. The van der Waals surface area contributed by atoms with Crippen LogP contribution in [-0.2, 0) is 24.0 Å². The first-order valence-electron chi connectivity index (χ1n) is 10.8. The molecule has 3 amide bonds. The van der Waals surface area contributed by atoms with E-state index in [1.807, 2.05) is 0 Å². The Morgan fingerprint density at radius 2 is 1.72 bits per heavy atom. The summed E-state index contributed by atoms with van der Waals surface area (Å²) in [5.41, 5.74) is 11.2. The molecule has 4 atom stereocenters. The van der Waals surface area contributed by atoms with Crippen LogP contribution in [0.15, 0.2) is 0 Å². The van der Waals surface area contributed by atoms with E-state index in [2.05, 4.69) is 10.6 Å². The smallest absolute Gasteiger partial charge is 0.326 e. The van der Waals surface area contributed by atoms with Gasteiger partial charge >= 0.3 is 11.9 Å². The van der Waals surface area contributed by atoms with Crippen molar-refractivity contribution < 1.29 is 34.2 Å². The number of carbonyl (C=O) groups is 5. The fourth-order valence-electron chi connectivity index (χ4n) is 3.54. The number of hydrogen-bond acceptors (Lipinski definition) is 7. The third kappa shape index (κ3) is 8.08. The average Bonchev–Trinajstić information content (AvgIpc) is 3.20. The van der Waals surface area contributed by atoms with E-state index in [0.29, 0.717) is 38.6 Å². The Morgan fingerprint density at radius 3 is 2.25 bits per heavy atom. The molecule has 4 unspecified atom stereocenters. The van der Waals surface area contributed by atoms with Gasteiger partial charge in [-0.3, -0.25) is 19.2 Å². The summed E-state index contributed by atoms with van der Waals surface area (Å²) in [6.07, 6.45) is 1.74. The van der Waals surface area contributed by atoms with Crippen molar-refractivity contribution in [1.82, 2.24) is 15.5 Å². The van der Waals surface area contributed by atoms with Crippen LogP contribution in [0.5, 0.6) is 0 Å². The second-order valence-electron chi connectivity index (χ2n) is 8.31. The lowest BCUT2D eigenvalue weighted by atomic mass is 10.0. The molecule has 8 N–H and O–H groups in total. The maximum atomic E-state index is 13.0. The van der Waals surface area contributed by atoms with Crippen LogP contribution in [0.4, 0.5) is 0 Å². The van der Waals surface area contributed by atoms with Gasteiger partial charge in [0.05, 0.1) is 12.5 Å². The zero-order valence-corrected chi connectivity index (χ0v) is 18.6. The number of amides is 3. The standard InChI is InChI=1S/C20H35N5O7/c1-11(2)16(19(30)25-9-5-7-14(25)20(31)32)24-18(29)13(10-15(26)27)23-17(28)12(22)6-3-4-8-21/h11-14,16H,3-10,21-22H2,1-2H3,(H,23,28)(H,24,29)(H,26,27)(H,31,32). The monoisotopic (exact) mass is 457 g/mol. The van der Waals surface area contributed by atoms with Gasteiger partial charge in [0.15, 0.2) is 0 Å². The predicted molar refractivity (Wildman–Crippen MR) is 114 cm³/mol. The summed E-state index contributed by atoms with van der Waals surface area (Å²) in [7, 11) is 0. The summed E-state index contributed by atoms with van der Waals surface area (Å²) in [6, 6.07) is -4.42. The normalized spacial score (nSPS) is 18.7. The number of carboxylic acids is 2. The lowest BCUT2D eigenvalue weighted by molar-refractivity contribution is -0.150. The molecule has 1 fully saturated rings. The molecule has 1 heterocycles. The third-order valence-corrected chi connectivity index (χ3v) is 5.37. The summed E-state index contributed by atoms with van der Waals surface area (Å²) in [6.45, 7) is 4.05. The van der Waals surface area contributed by atoms with Gasteiger partial charge in [0.1, 0.15) is 18.1 Å². The number of unbranched alkanes of at least 4 members (excludes halogenated alkanes) is 1. The van der Waals surface area contributed by atoms with Crippen LogP contribution in [0, 0.1) is 5.92 Å². The number of rotatable bonds is 13. The first kappa shape index (κ1) is 27.3. The van der Waals surface area contributed by atoms with E-state index in [9.17, 15) is 29.1 Å². The van der Waals surface area contributed by atoms with Gasteiger partial charge in [-0.05, 0) is 38.1 Å². The molecular formula is C20H35N5O7. The molecule has 0 aromatic rings. The molecule has 1 aliphatic heterocycles. The summed E-state index contributed by atoms with van der Waals surface area (Å²) in [5, 5.41) is 23.3. The van der Waals surface area contributed by atoms with Crippen molar-refractivity contribution >= 4 is 29.7 Å². The van der Waals surface area contributed by atoms with E-state index in [4.69, 9.17) is 16.6 Å². The van der Waals surface area contributed by atoms with Crippen molar-refractivity contribution in [2.24, 2.45) is 17.4 Å². The summed E-state index contributed by atoms with van der Waals surface area (Å²) in [4.78, 5) is 62.0. The highest BCUT2D eigenvalue weighted by Gasteiger charge is 2.39. The Morgan fingerprint density at radius 1 is 1.06 bits per heavy atom. The van der Waals surface area contributed by atoms with Gasteiger partial charge in [0.25, 0.3) is 0 Å². The lowest BCUT2D eigenvalue weighted by Crippen LogP contribution is -2.58. The molecule has 12 nitrogen and oxygen atoms in total. The van der Waals surface area contributed by atoms with Crippen LogP contribution in [0.25, 0.3) is 0 Å². The van der Waals surface area contributed by atoms with Crippen molar-refractivity contribution in [2.45, 2.75) is 76.5 Å². The maximum Gasteiger partial charge on any atom is 0.326 e. The maximum absolute atomic E-state index is 13.0.